The Balaban J connectivity index is 2.10. The molecule has 0 aliphatic rings. The highest BCUT2D eigenvalue weighted by atomic mass is 14.9. The van der Waals surface area contributed by atoms with Gasteiger partial charge in [0.15, 0.2) is 0 Å². The molecule has 0 atom stereocenters. The van der Waals surface area contributed by atoms with Crippen LogP contribution in [0.3, 0.4) is 0 Å². The average Bonchev–Trinajstić information content (AvgIpc) is 2.49. The number of nitrogens with two attached hydrogens (primary N) is 1. The summed E-state index contributed by atoms with van der Waals surface area (Å²) in [5.41, 5.74) is 13.5. The minimum absolute atomic E-state index is 0.740. The first kappa shape index (κ1) is 15.9. The van der Waals surface area contributed by atoms with Crippen LogP contribution in [-0.2, 0) is 0 Å². The lowest BCUT2D eigenvalue weighted by molar-refractivity contribution is 1.23. The first-order valence-electron chi connectivity index (χ1n) is 7.52. The van der Waals surface area contributed by atoms with Crippen LogP contribution in [0.15, 0.2) is 60.8 Å². The molecule has 0 heterocycles. The van der Waals surface area contributed by atoms with E-state index in [-0.39, 0.29) is 0 Å². The first-order chi connectivity index (χ1) is 10.5. The van der Waals surface area contributed by atoms with Gasteiger partial charge in [-0.05, 0) is 49.6 Å². The van der Waals surface area contributed by atoms with Crippen molar-refractivity contribution in [3.63, 3.8) is 0 Å². The summed E-state index contributed by atoms with van der Waals surface area (Å²) in [6, 6.07) is 14.5. The second-order valence-electron chi connectivity index (χ2n) is 5.68. The molecule has 0 spiro atoms. The number of allylic oxidation sites excluding steroid dienone is 2. The molecule has 0 saturated carbocycles. The van der Waals surface area contributed by atoms with Crippen molar-refractivity contribution in [1.82, 2.24) is 0 Å². The molecule has 0 aliphatic carbocycles. The van der Waals surface area contributed by atoms with Crippen LogP contribution in [0, 0.1) is 13.8 Å². The summed E-state index contributed by atoms with van der Waals surface area (Å²) in [5.74, 6) is 0. The number of nitrogen functional groups attached to an aromatic ring is 1. The van der Waals surface area contributed by atoms with E-state index in [1.54, 1.807) is 0 Å². The van der Waals surface area contributed by atoms with Crippen LogP contribution in [0.1, 0.15) is 30.0 Å². The maximum absolute atomic E-state index is 6.01. The van der Waals surface area contributed by atoms with E-state index >= 15 is 0 Å². The molecule has 0 saturated heterocycles. The van der Waals surface area contributed by atoms with Crippen molar-refractivity contribution < 1.29 is 0 Å². The number of hydrogen-bond acceptors (Lipinski definition) is 2. The molecule has 0 radical (unpaired) electrons. The van der Waals surface area contributed by atoms with Crippen molar-refractivity contribution >= 4 is 16.9 Å². The molecule has 114 valence electrons. The molecule has 22 heavy (non-hydrogen) atoms. The molecule has 2 rings (SSSR count). The lowest BCUT2D eigenvalue weighted by atomic mass is 10.00. The maximum Gasteiger partial charge on any atom is 0.0618 e. The molecule has 0 fully saturated rings. The fraction of sp³-hybridized carbons (Fsp3) is 0.200. The summed E-state index contributed by atoms with van der Waals surface area (Å²) in [4.78, 5) is 0. The van der Waals surface area contributed by atoms with Crippen molar-refractivity contribution in [2.24, 2.45) is 0 Å². The van der Waals surface area contributed by atoms with E-state index in [2.05, 4.69) is 63.0 Å². The van der Waals surface area contributed by atoms with E-state index in [9.17, 15) is 0 Å². The quantitative estimate of drug-likeness (QED) is 0.733. The minimum Gasteiger partial charge on any atom is -0.397 e. The molecular weight excluding hydrogens is 268 g/mol. The predicted octanol–water partition coefficient (Wildman–Crippen LogP) is 5.30. The summed E-state index contributed by atoms with van der Waals surface area (Å²) in [7, 11) is 0. The first-order valence-corrected chi connectivity index (χ1v) is 7.52. The van der Waals surface area contributed by atoms with Gasteiger partial charge in [-0.25, -0.2) is 0 Å². The number of nitrogens with one attached hydrogen (secondary N) is 1. The third-order valence-corrected chi connectivity index (χ3v) is 3.69. The second-order valence-corrected chi connectivity index (χ2v) is 5.68. The van der Waals surface area contributed by atoms with Crippen molar-refractivity contribution in [2.45, 2.75) is 27.2 Å². The molecule has 0 aromatic heterocycles. The van der Waals surface area contributed by atoms with E-state index < -0.39 is 0 Å². The maximum atomic E-state index is 6.01. The summed E-state index contributed by atoms with van der Waals surface area (Å²) in [6.07, 6.45) is 2.91. The van der Waals surface area contributed by atoms with Gasteiger partial charge in [0.1, 0.15) is 0 Å². The number of benzene rings is 2. The van der Waals surface area contributed by atoms with Gasteiger partial charge in [-0.15, -0.1) is 0 Å². The summed E-state index contributed by atoms with van der Waals surface area (Å²) >= 11 is 0. The highest BCUT2D eigenvalue weighted by molar-refractivity contribution is 5.72. The van der Waals surface area contributed by atoms with E-state index in [4.69, 9.17) is 5.73 Å². The van der Waals surface area contributed by atoms with Gasteiger partial charge in [0.25, 0.3) is 0 Å². The lowest BCUT2D eigenvalue weighted by Crippen LogP contribution is -2.03. The van der Waals surface area contributed by atoms with Crippen LogP contribution in [0.2, 0.25) is 0 Å². The van der Waals surface area contributed by atoms with Crippen LogP contribution in [0.4, 0.5) is 11.4 Å². The van der Waals surface area contributed by atoms with Gasteiger partial charge in [0.05, 0.1) is 11.4 Å². The Labute approximate surface area is 133 Å². The molecule has 0 unspecified atom stereocenters. The van der Waals surface area contributed by atoms with Gasteiger partial charge in [-0.2, -0.15) is 0 Å². The molecule has 0 bridgehead atoms. The molecule has 2 aromatic carbocycles. The van der Waals surface area contributed by atoms with E-state index in [1.807, 2.05) is 18.2 Å². The molecular formula is C20H24N2. The van der Waals surface area contributed by atoms with Crippen LogP contribution in [0.25, 0.3) is 5.57 Å². The Kier molecular flexibility index (Phi) is 5.05. The Morgan fingerprint density at radius 1 is 1.09 bits per heavy atom. The van der Waals surface area contributed by atoms with Crippen LogP contribution in [-0.4, -0.2) is 0 Å². The third-order valence-electron chi connectivity index (χ3n) is 3.69. The van der Waals surface area contributed by atoms with Crippen molar-refractivity contribution in [3.05, 3.63) is 77.5 Å². The molecule has 2 heteroatoms. The topological polar surface area (TPSA) is 38.0 Å². The van der Waals surface area contributed by atoms with E-state index in [0.717, 1.165) is 23.5 Å². The van der Waals surface area contributed by atoms with Gasteiger partial charge < -0.3 is 11.1 Å². The zero-order valence-electron chi connectivity index (χ0n) is 13.6. The Morgan fingerprint density at radius 3 is 2.36 bits per heavy atom. The highest BCUT2D eigenvalue weighted by Gasteiger charge is 2.06. The summed E-state index contributed by atoms with van der Waals surface area (Å²) in [6.45, 7) is 10.4. The standard InChI is InChI=1S/C20H24N2/c1-5-17(18-9-6-14(2)7-10-18)13-16(4)22-20-12-15(3)8-11-19(20)21/h5-12,22H,4,13,21H2,1-3H3/b17-5+. The normalized spacial score (nSPS) is 11.3. The number of hydrogen-bond donors (Lipinski definition) is 2. The predicted molar refractivity (Wildman–Crippen MR) is 97.8 cm³/mol. The van der Waals surface area contributed by atoms with E-state index in [1.165, 1.54) is 22.3 Å². The monoisotopic (exact) mass is 292 g/mol. The number of rotatable bonds is 5. The van der Waals surface area contributed by atoms with Gasteiger partial charge in [0, 0.05) is 12.1 Å². The molecule has 3 N–H and O–H groups in total. The SMILES string of the molecule is C=C(C/C(=C\C)c1ccc(C)cc1)Nc1cc(C)ccc1N. The molecule has 2 nitrogen and oxygen atoms in total. The van der Waals surface area contributed by atoms with Gasteiger partial charge in [0.2, 0.25) is 0 Å². The molecule has 0 aliphatic heterocycles. The van der Waals surface area contributed by atoms with Crippen LogP contribution in [0.5, 0.6) is 0 Å². The Bertz CT molecular complexity index is 694. The van der Waals surface area contributed by atoms with Crippen LogP contribution < -0.4 is 11.1 Å². The second kappa shape index (κ2) is 6.99. The Morgan fingerprint density at radius 2 is 1.73 bits per heavy atom. The Hall–Kier alpha value is -2.48. The fourth-order valence-corrected chi connectivity index (χ4v) is 2.38. The number of aryl methyl sites for hydroxylation is 2. The minimum atomic E-state index is 0.740. The third kappa shape index (κ3) is 4.01. The fourth-order valence-electron chi connectivity index (χ4n) is 2.38. The summed E-state index contributed by atoms with van der Waals surface area (Å²) in [5, 5.41) is 3.34. The van der Waals surface area contributed by atoms with Gasteiger partial charge in [-0.1, -0.05) is 48.6 Å². The van der Waals surface area contributed by atoms with Crippen LogP contribution >= 0.6 is 0 Å². The molecule has 0 amide bonds. The zero-order valence-corrected chi connectivity index (χ0v) is 13.6. The largest absolute Gasteiger partial charge is 0.397 e. The lowest BCUT2D eigenvalue weighted by Gasteiger charge is -2.15. The van der Waals surface area contributed by atoms with Gasteiger partial charge >= 0.3 is 0 Å². The summed E-state index contributed by atoms with van der Waals surface area (Å²) < 4.78 is 0. The van der Waals surface area contributed by atoms with Crippen molar-refractivity contribution in [1.29, 1.82) is 0 Å². The average molecular weight is 292 g/mol. The highest BCUT2D eigenvalue weighted by Crippen LogP contribution is 2.26. The van der Waals surface area contributed by atoms with Gasteiger partial charge in [-0.3, -0.25) is 0 Å². The number of anilines is 2. The van der Waals surface area contributed by atoms with Crippen molar-refractivity contribution in [3.8, 4) is 0 Å². The molecule has 2 aromatic rings. The van der Waals surface area contributed by atoms with Crippen molar-refractivity contribution in [2.75, 3.05) is 11.1 Å². The smallest absolute Gasteiger partial charge is 0.0618 e. The zero-order chi connectivity index (χ0) is 16.1. The van der Waals surface area contributed by atoms with E-state index in [0.29, 0.717) is 0 Å².